The minimum absolute atomic E-state index is 0.0555. The van der Waals surface area contributed by atoms with E-state index in [4.69, 9.17) is 4.74 Å². The Labute approximate surface area is 143 Å². The molecule has 1 atom stereocenters. The molecule has 3 nitrogen and oxygen atoms in total. The lowest BCUT2D eigenvalue weighted by Crippen LogP contribution is -2.12. The van der Waals surface area contributed by atoms with Gasteiger partial charge in [-0.3, -0.25) is 4.79 Å². The van der Waals surface area contributed by atoms with Crippen LogP contribution < -0.4 is 10.1 Å². The van der Waals surface area contributed by atoms with Gasteiger partial charge in [-0.25, -0.2) is 0 Å². The van der Waals surface area contributed by atoms with Crippen molar-refractivity contribution in [1.82, 2.24) is 0 Å². The Hall–Kier alpha value is -1.03. The Bertz CT molecular complexity index is 462. The van der Waals surface area contributed by atoms with Gasteiger partial charge in [-0.1, -0.05) is 48.7 Å². The van der Waals surface area contributed by atoms with Crippen molar-refractivity contribution in [2.75, 3.05) is 11.9 Å². The predicted octanol–water partition coefficient (Wildman–Crippen LogP) is 5.32. The van der Waals surface area contributed by atoms with Gasteiger partial charge in [-0.15, -0.1) is 0 Å². The van der Waals surface area contributed by atoms with Gasteiger partial charge in [0, 0.05) is 11.2 Å². The summed E-state index contributed by atoms with van der Waals surface area (Å²) < 4.78 is 5.69. The number of ether oxygens (including phenoxy) is 1. The molecular weight excluding hydrogens is 342 g/mol. The first-order valence-electron chi connectivity index (χ1n) is 8.30. The molecule has 1 unspecified atom stereocenters. The highest BCUT2D eigenvalue weighted by atomic mass is 79.9. The maximum atomic E-state index is 11.9. The molecule has 0 heterocycles. The van der Waals surface area contributed by atoms with Crippen LogP contribution in [0.3, 0.4) is 0 Å². The molecule has 124 valence electrons. The third-order valence-corrected chi connectivity index (χ3v) is 4.22. The summed E-state index contributed by atoms with van der Waals surface area (Å²) in [5, 5.41) is 2.96. The summed E-state index contributed by atoms with van der Waals surface area (Å²) in [6.07, 6.45) is 5.78. The number of nitrogens with one attached hydrogen (secondary N) is 1. The number of rotatable bonds is 10. The summed E-state index contributed by atoms with van der Waals surface area (Å²) in [4.78, 5) is 12.4. The number of hydrogen-bond acceptors (Lipinski definition) is 2. The molecule has 0 saturated carbocycles. The Morgan fingerprint density at radius 3 is 2.68 bits per heavy atom. The number of carbonyl (C=O) groups excluding carboxylic acids is 1. The number of unbranched alkanes of at least 4 members (excludes halogenated alkanes) is 1. The molecule has 1 rings (SSSR count). The number of hydrogen-bond donors (Lipinski definition) is 1. The van der Waals surface area contributed by atoms with Gasteiger partial charge in [0.1, 0.15) is 5.75 Å². The lowest BCUT2D eigenvalue weighted by atomic mass is 10.1. The number of alkyl halides is 1. The summed E-state index contributed by atoms with van der Waals surface area (Å²) >= 11 is 3.72. The van der Waals surface area contributed by atoms with E-state index in [1.54, 1.807) is 0 Å². The van der Waals surface area contributed by atoms with Crippen LogP contribution in [0.2, 0.25) is 0 Å². The van der Waals surface area contributed by atoms with Crippen LogP contribution in [-0.2, 0) is 11.2 Å². The van der Waals surface area contributed by atoms with E-state index in [0.717, 1.165) is 37.1 Å². The van der Waals surface area contributed by atoms with Gasteiger partial charge in [0.15, 0.2) is 0 Å². The predicted molar refractivity (Wildman–Crippen MR) is 97.1 cm³/mol. The molecule has 0 aliphatic carbocycles. The topological polar surface area (TPSA) is 38.3 Å². The smallest absolute Gasteiger partial charge is 0.224 e. The normalized spacial score (nSPS) is 12.0. The van der Waals surface area contributed by atoms with E-state index in [-0.39, 0.29) is 5.91 Å². The average molecular weight is 370 g/mol. The second-order valence-corrected chi connectivity index (χ2v) is 6.80. The highest BCUT2D eigenvalue weighted by Gasteiger charge is 2.11. The molecule has 0 aromatic heterocycles. The molecule has 0 aliphatic rings. The summed E-state index contributed by atoms with van der Waals surface area (Å²) in [5.74, 6) is 0.820. The van der Waals surface area contributed by atoms with Gasteiger partial charge in [0.05, 0.1) is 12.3 Å². The van der Waals surface area contributed by atoms with Crippen LogP contribution in [0.25, 0.3) is 0 Å². The molecule has 4 heteroatoms. The van der Waals surface area contributed by atoms with Gasteiger partial charge < -0.3 is 10.1 Å². The first-order chi connectivity index (χ1) is 10.6. The second-order valence-electron chi connectivity index (χ2n) is 5.51. The van der Waals surface area contributed by atoms with Crippen molar-refractivity contribution in [2.24, 2.45) is 0 Å². The number of anilines is 1. The van der Waals surface area contributed by atoms with Crippen LogP contribution in [-0.4, -0.2) is 17.3 Å². The van der Waals surface area contributed by atoms with E-state index in [2.05, 4.69) is 41.2 Å². The maximum absolute atomic E-state index is 11.9. The fourth-order valence-corrected chi connectivity index (χ4v) is 3.12. The summed E-state index contributed by atoms with van der Waals surface area (Å²) in [6.45, 7) is 6.82. The third kappa shape index (κ3) is 6.82. The standard InChI is InChI=1S/C18H28BrNO2/c1-4-7-9-18(21)20-16-11-10-14(12-15(19)8-5-2)13-17(16)22-6-3/h10-11,13,15H,4-9,12H2,1-3H3,(H,20,21). The zero-order valence-corrected chi connectivity index (χ0v) is 15.5. The average Bonchev–Trinajstić information content (AvgIpc) is 2.48. The quantitative estimate of drug-likeness (QED) is 0.566. The molecule has 22 heavy (non-hydrogen) atoms. The van der Waals surface area contributed by atoms with Crippen LogP contribution in [0.5, 0.6) is 5.75 Å². The molecule has 0 radical (unpaired) electrons. The number of halogens is 1. The van der Waals surface area contributed by atoms with Crippen molar-refractivity contribution in [1.29, 1.82) is 0 Å². The molecule has 1 N–H and O–H groups in total. The highest BCUT2D eigenvalue weighted by molar-refractivity contribution is 9.09. The van der Waals surface area contributed by atoms with Crippen molar-refractivity contribution in [3.8, 4) is 5.75 Å². The summed E-state index contributed by atoms with van der Waals surface area (Å²) in [5.41, 5.74) is 2.00. The highest BCUT2D eigenvalue weighted by Crippen LogP contribution is 2.28. The Morgan fingerprint density at radius 2 is 2.05 bits per heavy atom. The minimum atomic E-state index is 0.0555. The molecule has 0 bridgehead atoms. The zero-order chi connectivity index (χ0) is 16.4. The van der Waals surface area contributed by atoms with E-state index in [9.17, 15) is 4.79 Å². The van der Waals surface area contributed by atoms with Crippen LogP contribution in [0.1, 0.15) is 58.4 Å². The molecule has 0 fully saturated rings. The van der Waals surface area contributed by atoms with Crippen molar-refractivity contribution in [3.63, 3.8) is 0 Å². The fraction of sp³-hybridized carbons (Fsp3) is 0.611. The van der Waals surface area contributed by atoms with Gasteiger partial charge in [-0.05, 0) is 43.9 Å². The van der Waals surface area contributed by atoms with Gasteiger partial charge in [0.2, 0.25) is 5.91 Å². The van der Waals surface area contributed by atoms with Crippen molar-refractivity contribution in [3.05, 3.63) is 23.8 Å². The van der Waals surface area contributed by atoms with E-state index in [1.165, 1.54) is 12.0 Å². The summed E-state index contributed by atoms with van der Waals surface area (Å²) in [7, 11) is 0. The van der Waals surface area contributed by atoms with Gasteiger partial charge in [0.25, 0.3) is 0 Å². The summed E-state index contributed by atoms with van der Waals surface area (Å²) in [6, 6.07) is 6.07. The van der Waals surface area contributed by atoms with Crippen molar-refractivity contribution in [2.45, 2.75) is 64.1 Å². The third-order valence-electron chi connectivity index (χ3n) is 3.44. The van der Waals surface area contributed by atoms with Crippen molar-refractivity contribution < 1.29 is 9.53 Å². The SMILES string of the molecule is CCCCC(=O)Nc1ccc(CC(Br)CCC)cc1OCC. The maximum Gasteiger partial charge on any atom is 0.224 e. The van der Waals surface area contributed by atoms with E-state index in [1.807, 2.05) is 19.1 Å². The van der Waals surface area contributed by atoms with Crippen LogP contribution in [0.4, 0.5) is 5.69 Å². The molecular formula is C18H28BrNO2. The number of benzene rings is 1. The Balaban J connectivity index is 2.78. The molecule has 1 aromatic carbocycles. The minimum Gasteiger partial charge on any atom is -0.492 e. The fourth-order valence-electron chi connectivity index (χ4n) is 2.29. The molecule has 0 saturated heterocycles. The number of carbonyl (C=O) groups is 1. The largest absolute Gasteiger partial charge is 0.492 e. The van der Waals surface area contributed by atoms with Gasteiger partial charge >= 0.3 is 0 Å². The van der Waals surface area contributed by atoms with E-state index >= 15 is 0 Å². The van der Waals surface area contributed by atoms with Gasteiger partial charge in [-0.2, -0.15) is 0 Å². The van der Waals surface area contributed by atoms with E-state index < -0.39 is 0 Å². The lowest BCUT2D eigenvalue weighted by Gasteiger charge is -2.15. The molecule has 0 aliphatic heterocycles. The van der Waals surface area contributed by atoms with Crippen LogP contribution in [0, 0.1) is 0 Å². The zero-order valence-electron chi connectivity index (χ0n) is 14.0. The first kappa shape index (κ1) is 19.0. The monoisotopic (exact) mass is 369 g/mol. The van der Waals surface area contributed by atoms with Crippen LogP contribution in [0.15, 0.2) is 18.2 Å². The second kappa shape index (κ2) is 10.7. The lowest BCUT2D eigenvalue weighted by molar-refractivity contribution is -0.116. The van der Waals surface area contributed by atoms with Crippen LogP contribution >= 0.6 is 15.9 Å². The molecule has 1 amide bonds. The number of amides is 1. The molecule has 0 spiro atoms. The van der Waals surface area contributed by atoms with E-state index in [0.29, 0.717) is 17.9 Å². The first-order valence-corrected chi connectivity index (χ1v) is 9.21. The Kier molecular flexibility index (Phi) is 9.21. The van der Waals surface area contributed by atoms with Crippen molar-refractivity contribution >= 4 is 27.5 Å². The Morgan fingerprint density at radius 1 is 1.27 bits per heavy atom. The molecule has 1 aromatic rings.